The van der Waals surface area contributed by atoms with Crippen LogP contribution in [0.4, 0.5) is 5.69 Å². The van der Waals surface area contributed by atoms with E-state index in [0.717, 1.165) is 29.0 Å². The Hall–Kier alpha value is -2.04. The molecular formula is C22H27FeNO6. The van der Waals surface area contributed by atoms with Gasteiger partial charge in [-0.25, -0.2) is 0 Å². The van der Waals surface area contributed by atoms with Crippen LogP contribution >= 0.6 is 0 Å². The SMILES string of the molecule is CCOC(COc1cc(N)c([C@@H]2C=CC=CC2)cc1C)OCC.[C-]#[O+].[C-]#[O+].[C-]#[O+].[Fe]. The van der Waals surface area contributed by atoms with Crippen molar-refractivity contribution in [2.24, 2.45) is 0 Å². The minimum absolute atomic E-state index is 0. The zero-order valence-electron chi connectivity index (χ0n) is 17.3. The molecular weight excluding hydrogens is 430 g/mol. The van der Waals surface area contributed by atoms with Crippen LogP contribution in [0.1, 0.15) is 37.3 Å². The summed E-state index contributed by atoms with van der Waals surface area (Å²) in [6.07, 6.45) is 9.12. The van der Waals surface area contributed by atoms with Gasteiger partial charge in [0.05, 0.1) is 0 Å². The molecule has 0 aliphatic heterocycles. The van der Waals surface area contributed by atoms with E-state index < -0.39 is 0 Å². The minimum Gasteiger partial charge on any atom is 0 e. The van der Waals surface area contributed by atoms with E-state index in [1.54, 1.807) is 0 Å². The summed E-state index contributed by atoms with van der Waals surface area (Å²) in [5, 5.41) is 0. The number of anilines is 1. The number of nitrogens with two attached hydrogens (primary N) is 1. The number of ether oxygens (including phenoxy) is 3. The molecule has 7 nitrogen and oxygen atoms in total. The summed E-state index contributed by atoms with van der Waals surface area (Å²) in [7, 11) is 0. The third-order valence-electron chi connectivity index (χ3n) is 3.84. The van der Waals surface area contributed by atoms with Gasteiger partial charge in [0.2, 0.25) is 0 Å². The second-order valence-corrected chi connectivity index (χ2v) is 5.55. The summed E-state index contributed by atoms with van der Waals surface area (Å²) in [6.45, 7) is 21.0. The fourth-order valence-electron chi connectivity index (χ4n) is 2.69. The van der Waals surface area contributed by atoms with E-state index in [2.05, 4.69) is 50.3 Å². The van der Waals surface area contributed by atoms with Gasteiger partial charge < -0.3 is 19.9 Å². The third kappa shape index (κ3) is 11.8. The van der Waals surface area contributed by atoms with Gasteiger partial charge in [0.15, 0.2) is 6.29 Å². The monoisotopic (exact) mass is 457 g/mol. The summed E-state index contributed by atoms with van der Waals surface area (Å²) in [5.74, 6) is 1.12. The van der Waals surface area contributed by atoms with Gasteiger partial charge in [0, 0.05) is 48.0 Å². The van der Waals surface area contributed by atoms with E-state index in [1.807, 2.05) is 26.8 Å². The first-order chi connectivity index (χ1) is 14.2. The van der Waals surface area contributed by atoms with Crippen LogP contribution in [-0.2, 0) is 40.5 Å². The molecule has 1 aromatic rings. The van der Waals surface area contributed by atoms with Crippen molar-refractivity contribution < 1.29 is 45.2 Å². The number of aryl methyl sites for hydroxylation is 1. The largest absolute Gasteiger partial charge is 0 e. The molecule has 0 aromatic heterocycles. The maximum Gasteiger partial charge on any atom is 0 e. The number of hydrogen-bond acceptors (Lipinski definition) is 4. The van der Waals surface area contributed by atoms with Crippen LogP contribution in [0.15, 0.2) is 36.4 Å². The molecule has 1 aliphatic rings. The predicted octanol–water partition coefficient (Wildman–Crippen LogP) is 3.84. The Kier molecular flexibility index (Phi) is 23.6. The number of rotatable bonds is 8. The van der Waals surface area contributed by atoms with Crippen molar-refractivity contribution >= 4 is 5.69 Å². The van der Waals surface area contributed by atoms with Gasteiger partial charge in [0.1, 0.15) is 12.4 Å². The third-order valence-corrected chi connectivity index (χ3v) is 3.84. The van der Waals surface area contributed by atoms with Crippen molar-refractivity contribution in [1.29, 1.82) is 0 Å². The van der Waals surface area contributed by atoms with Crippen molar-refractivity contribution in [3.63, 3.8) is 0 Å². The van der Waals surface area contributed by atoms with Crippen molar-refractivity contribution in [3.05, 3.63) is 67.5 Å². The first-order valence-corrected chi connectivity index (χ1v) is 8.86. The smallest absolute Gasteiger partial charge is 0 e. The average molecular weight is 457 g/mol. The molecule has 0 heterocycles. The number of nitrogen functional groups attached to an aromatic ring is 1. The number of allylic oxidation sites excluding steroid dienone is 4. The Labute approximate surface area is 189 Å². The summed E-state index contributed by atoms with van der Waals surface area (Å²) < 4.78 is 39.4. The summed E-state index contributed by atoms with van der Waals surface area (Å²) in [6, 6.07) is 4.03. The Bertz CT molecular complexity index is 677. The van der Waals surface area contributed by atoms with Crippen molar-refractivity contribution in [2.45, 2.75) is 39.4 Å². The molecule has 8 heteroatoms. The van der Waals surface area contributed by atoms with E-state index >= 15 is 0 Å². The van der Waals surface area contributed by atoms with Crippen LogP contribution in [0.3, 0.4) is 0 Å². The van der Waals surface area contributed by atoms with E-state index in [-0.39, 0.29) is 23.4 Å². The van der Waals surface area contributed by atoms with Gasteiger partial charge in [-0.15, -0.1) is 0 Å². The van der Waals surface area contributed by atoms with Crippen LogP contribution in [0.25, 0.3) is 0 Å². The molecule has 0 unspecified atom stereocenters. The van der Waals surface area contributed by atoms with Gasteiger partial charge >= 0.3 is 33.9 Å². The first kappa shape index (κ1) is 32.6. The summed E-state index contributed by atoms with van der Waals surface area (Å²) in [4.78, 5) is 0. The van der Waals surface area contributed by atoms with Crippen molar-refractivity contribution in [1.82, 2.24) is 0 Å². The molecule has 0 radical (unpaired) electrons. The molecule has 1 aromatic carbocycles. The molecule has 2 N–H and O–H groups in total. The molecule has 164 valence electrons. The Balaban J connectivity index is -0.000000955. The fraction of sp³-hybridized carbons (Fsp3) is 0.409. The zero-order valence-corrected chi connectivity index (χ0v) is 18.4. The predicted molar refractivity (Wildman–Crippen MR) is 106 cm³/mol. The maximum atomic E-state index is 7.50. The van der Waals surface area contributed by atoms with Gasteiger partial charge in [-0.3, -0.25) is 0 Å². The molecule has 0 bridgehead atoms. The summed E-state index contributed by atoms with van der Waals surface area (Å²) in [5.41, 5.74) is 9.24. The summed E-state index contributed by atoms with van der Waals surface area (Å²) >= 11 is 0. The van der Waals surface area contributed by atoms with E-state index in [4.69, 9.17) is 33.9 Å². The van der Waals surface area contributed by atoms with Crippen LogP contribution in [0.2, 0.25) is 0 Å². The second kappa shape index (κ2) is 21.7. The van der Waals surface area contributed by atoms with E-state index in [0.29, 0.717) is 25.7 Å². The fourth-order valence-corrected chi connectivity index (χ4v) is 2.69. The molecule has 0 saturated heterocycles. The number of benzene rings is 1. The molecule has 2 rings (SSSR count). The van der Waals surface area contributed by atoms with E-state index in [1.165, 1.54) is 0 Å². The van der Waals surface area contributed by atoms with Crippen LogP contribution in [-0.4, -0.2) is 26.1 Å². The zero-order chi connectivity index (χ0) is 22.7. The van der Waals surface area contributed by atoms with Crippen molar-refractivity contribution in [2.75, 3.05) is 25.6 Å². The van der Waals surface area contributed by atoms with Gasteiger partial charge in [-0.05, 0) is 44.4 Å². The molecule has 1 atom stereocenters. The minimum atomic E-state index is -0.350. The first-order valence-electron chi connectivity index (χ1n) is 8.86. The van der Waals surface area contributed by atoms with Gasteiger partial charge in [-0.1, -0.05) is 24.3 Å². The standard InChI is InChI=1S/C19H27NO3.3CO.Fe/c1-4-21-19(22-5-2)13-23-18-12-17(20)16(11-14(18)3)15-9-7-6-8-10-15;3*1-2;/h6-9,11-12,15,19H,4-5,10,13,20H2,1-3H3;;;;/t15-;;;;/m1..../s1. The molecule has 0 spiro atoms. The molecule has 0 fully saturated rings. The van der Waals surface area contributed by atoms with Crippen LogP contribution < -0.4 is 10.5 Å². The second-order valence-electron chi connectivity index (χ2n) is 5.55. The Morgan fingerprint density at radius 3 is 2.07 bits per heavy atom. The molecule has 0 amide bonds. The molecule has 1 aliphatic carbocycles. The van der Waals surface area contributed by atoms with Gasteiger partial charge in [0.25, 0.3) is 0 Å². The topological polar surface area (TPSA) is 113 Å². The van der Waals surface area contributed by atoms with E-state index in [9.17, 15) is 0 Å². The Morgan fingerprint density at radius 2 is 1.60 bits per heavy atom. The quantitative estimate of drug-likeness (QED) is 0.210. The molecule has 30 heavy (non-hydrogen) atoms. The normalized spacial score (nSPS) is 13.2. The van der Waals surface area contributed by atoms with Crippen molar-refractivity contribution in [3.8, 4) is 5.75 Å². The molecule has 0 saturated carbocycles. The van der Waals surface area contributed by atoms with Gasteiger partial charge in [-0.2, -0.15) is 0 Å². The average Bonchev–Trinajstić information content (AvgIpc) is 2.79. The van der Waals surface area contributed by atoms with Crippen LogP contribution in [0.5, 0.6) is 5.75 Å². The number of hydrogen-bond donors (Lipinski definition) is 1. The Morgan fingerprint density at radius 1 is 1.03 bits per heavy atom. The van der Waals surface area contributed by atoms with Crippen LogP contribution in [0, 0.1) is 26.9 Å². The maximum absolute atomic E-state index is 7.50.